The van der Waals surface area contributed by atoms with Crippen LogP contribution in [0, 0.1) is 0 Å². The zero-order chi connectivity index (χ0) is 24.0. The topological polar surface area (TPSA) is 24.1 Å². The van der Waals surface area contributed by atoms with Gasteiger partial charge in [0.2, 0.25) is 0 Å². The van der Waals surface area contributed by atoms with Crippen LogP contribution in [-0.4, -0.2) is 24.2 Å². The van der Waals surface area contributed by atoms with E-state index >= 15 is 0 Å². The van der Waals surface area contributed by atoms with Gasteiger partial charge < -0.3 is 10.6 Å². The first-order chi connectivity index (χ1) is 15.6. The minimum absolute atomic E-state index is 0.0554. The van der Waals surface area contributed by atoms with Crippen LogP contribution in [-0.2, 0) is 0 Å². The zero-order valence-electron chi connectivity index (χ0n) is 21.0. The fourth-order valence-corrected chi connectivity index (χ4v) is 4.61. The zero-order valence-corrected chi connectivity index (χ0v) is 21.0. The highest BCUT2D eigenvalue weighted by Crippen LogP contribution is 2.23. The Morgan fingerprint density at radius 1 is 0.375 bits per heavy atom. The lowest BCUT2D eigenvalue weighted by Crippen LogP contribution is -2.44. The van der Waals surface area contributed by atoms with Crippen molar-refractivity contribution in [3.05, 3.63) is 75.9 Å². The van der Waals surface area contributed by atoms with Crippen LogP contribution in [0.2, 0.25) is 0 Å². The van der Waals surface area contributed by atoms with E-state index in [4.69, 9.17) is 0 Å². The quantitative estimate of drug-likeness (QED) is 0.110. The predicted molar refractivity (Wildman–Crippen MR) is 147 cm³/mol. The van der Waals surface area contributed by atoms with Gasteiger partial charge in [-0.2, -0.15) is 0 Å². The van der Waals surface area contributed by atoms with Crippen molar-refractivity contribution in [2.24, 2.45) is 0 Å². The fourth-order valence-electron chi connectivity index (χ4n) is 4.61. The molecule has 0 bridgehead atoms. The third-order valence-electron chi connectivity index (χ3n) is 6.31. The molecule has 2 heteroatoms. The third-order valence-corrected chi connectivity index (χ3v) is 6.31. The van der Waals surface area contributed by atoms with Gasteiger partial charge in [-0.15, -0.1) is 39.5 Å². The molecule has 0 aliphatic carbocycles. The lowest BCUT2D eigenvalue weighted by atomic mass is 9.87. The molecule has 182 valence electrons. The minimum Gasteiger partial charge on any atom is -0.310 e. The molecule has 32 heavy (non-hydrogen) atoms. The molecule has 2 N–H and O–H groups in total. The van der Waals surface area contributed by atoms with Crippen LogP contribution >= 0.6 is 0 Å². The summed E-state index contributed by atoms with van der Waals surface area (Å²) in [6.45, 7) is 25.7. The summed E-state index contributed by atoms with van der Waals surface area (Å²) < 4.78 is 0. The van der Waals surface area contributed by atoms with Gasteiger partial charge in [-0.05, 0) is 64.5 Å². The Morgan fingerprint density at radius 3 is 0.812 bits per heavy atom. The summed E-state index contributed by atoms with van der Waals surface area (Å²) in [5, 5.41) is 7.52. The Morgan fingerprint density at radius 2 is 0.594 bits per heavy atom. The Bertz CT molecular complexity index is 430. The van der Waals surface area contributed by atoms with Crippen LogP contribution in [0.1, 0.15) is 89.9 Å². The number of hydrogen-bond acceptors (Lipinski definition) is 2. The van der Waals surface area contributed by atoms with Gasteiger partial charge in [-0.25, -0.2) is 0 Å². The van der Waals surface area contributed by atoms with Gasteiger partial charge in [-0.1, -0.05) is 75.0 Å². The van der Waals surface area contributed by atoms with Crippen molar-refractivity contribution in [1.29, 1.82) is 0 Å². The summed E-state index contributed by atoms with van der Waals surface area (Å²) in [5.41, 5.74) is 0.111. The van der Waals surface area contributed by atoms with E-state index in [2.05, 4.69) is 50.1 Å². The highest BCUT2D eigenvalue weighted by molar-refractivity contribution is 5.02. The molecule has 0 saturated carbocycles. The molecule has 0 aromatic heterocycles. The van der Waals surface area contributed by atoms with Gasteiger partial charge in [0.15, 0.2) is 0 Å². The maximum atomic E-state index is 3.93. The summed E-state index contributed by atoms with van der Waals surface area (Å²) in [6, 6.07) is 0. The molecule has 0 atom stereocenters. The molecule has 0 spiro atoms. The van der Waals surface area contributed by atoms with Gasteiger partial charge >= 0.3 is 0 Å². The van der Waals surface area contributed by atoms with E-state index in [9.17, 15) is 0 Å². The minimum atomic E-state index is 0.0554. The Kier molecular flexibility index (Phi) is 19.0. The van der Waals surface area contributed by atoms with Gasteiger partial charge in [0, 0.05) is 11.1 Å². The Hall–Kier alpha value is -1.64. The number of rotatable bonds is 25. The van der Waals surface area contributed by atoms with E-state index in [1.807, 2.05) is 36.5 Å². The smallest absolute Gasteiger partial charge is 0.0284 e. The Balaban J connectivity index is 3.91. The fraction of sp³-hybridized carbons (Fsp3) is 0.600. The van der Waals surface area contributed by atoms with E-state index in [1.165, 1.54) is 51.4 Å². The summed E-state index contributed by atoms with van der Waals surface area (Å²) in [6.07, 6.45) is 28.2. The molecule has 0 amide bonds. The molecular weight excluding hydrogens is 388 g/mol. The second-order valence-corrected chi connectivity index (χ2v) is 9.20. The van der Waals surface area contributed by atoms with Crippen molar-refractivity contribution in [2.45, 2.75) is 101 Å². The van der Waals surface area contributed by atoms with Crippen LogP contribution in [0.25, 0.3) is 0 Å². The maximum Gasteiger partial charge on any atom is 0.0284 e. The van der Waals surface area contributed by atoms with Crippen LogP contribution < -0.4 is 10.6 Å². The molecule has 0 saturated heterocycles. The van der Waals surface area contributed by atoms with Crippen LogP contribution in [0.3, 0.4) is 0 Å². The number of unbranched alkanes of at least 4 members (excludes halogenated alkanes) is 7. The molecule has 0 radical (unpaired) electrons. The standard InChI is InChI=1S/C30H52N2/c1-7-21-29(22-8-2,23-9-3)31-27-19-17-15-13-14-16-18-20-28-32-30(24-10-4,25-11-5)26-12-6/h7-12,31-32H,1-6,13-28H2. The second kappa shape index (κ2) is 20.0. The molecule has 2 nitrogen and oxygen atoms in total. The number of hydrogen-bond donors (Lipinski definition) is 2. The van der Waals surface area contributed by atoms with Gasteiger partial charge in [0.25, 0.3) is 0 Å². The summed E-state index contributed by atoms with van der Waals surface area (Å²) >= 11 is 0. The number of nitrogens with one attached hydrogen (secondary N) is 2. The lowest BCUT2D eigenvalue weighted by Gasteiger charge is -2.32. The average molecular weight is 441 g/mol. The Labute approximate surface area is 200 Å². The maximum absolute atomic E-state index is 3.93. The van der Waals surface area contributed by atoms with Gasteiger partial charge in [0.1, 0.15) is 0 Å². The molecule has 0 heterocycles. The van der Waals surface area contributed by atoms with Gasteiger partial charge in [0.05, 0.1) is 0 Å². The van der Waals surface area contributed by atoms with Crippen LogP contribution in [0.5, 0.6) is 0 Å². The van der Waals surface area contributed by atoms with Crippen molar-refractivity contribution < 1.29 is 0 Å². The molecule has 0 rings (SSSR count). The van der Waals surface area contributed by atoms with E-state index in [-0.39, 0.29) is 11.1 Å². The first-order valence-corrected chi connectivity index (χ1v) is 12.7. The lowest BCUT2D eigenvalue weighted by molar-refractivity contribution is 0.326. The first kappa shape index (κ1) is 30.4. The van der Waals surface area contributed by atoms with Crippen LogP contribution in [0.15, 0.2) is 75.9 Å². The van der Waals surface area contributed by atoms with Crippen molar-refractivity contribution in [1.82, 2.24) is 10.6 Å². The third kappa shape index (κ3) is 13.7. The molecule has 0 fully saturated rings. The highest BCUT2D eigenvalue weighted by atomic mass is 15.0. The molecule has 0 aromatic rings. The molecule has 0 aliphatic rings. The summed E-state index contributed by atoms with van der Waals surface area (Å²) in [7, 11) is 0. The molecule has 0 unspecified atom stereocenters. The monoisotopic (exact) mass is 440 g/mol. The molecule has 0 aromatic carbocycles. The van der Waals surface area contributed by atoms with E-state index < -0.39 is 0 Å². The summed E-state index contributed by atoms with van der Waals surface area (Å²) in [4.78, 5) is 0. The second-order valence-electron chi connectivity index (χ2n) is 9.20. The van der Waals surface area contributed by atoms with Crippen molar-refractivity contribution in [2.75, 3.05) is 13.1 Å². The SMILES string of the molecule is C=CCC(CC=C)(CC=C)NCCCCCCCCCCNC(CC=C)(CC=C)CC=C. The van der Waals surface area contributed by atoms with Crippen molar-refractivity contribution >= 4 is 0 Å². The van der Waals surface area contributed by atoms with E-state index in [0.29, 0.717) is 0 Å². The van der Waals surface area contributed by atoms with E-state index in [1.54, 1.807) is 0 Å². The normalized spacial score (nSPS) is 11.6. The summed E-state index contributed by atoms with van der Waals surface area (Å²) in [5.74, 6) is 0. The van der Waals surface area contributed by atoms with Crippen molar-refractivity contribution in [3.63, 3.8) is 0 Å². The average Bonchev–Trinajstić information content (AvgIpc) is 2.76. The highest BCUT2D eigenvalue weighted by Gasteiger charge is 2.25. The molecular formula is C30H52N2. The van der Waals surface area contributed by atoms with Crippen molar-refractivity contribution in [3.8, 4) is 0 Å². The molecule has 0 aliphatic heterocycles. The van der Waals surface area contributed by atoms with E-state index in [0.717, 1.165) is 51.6 Å². The first-order valence-electron chi connectivity index (χ1n) is 12.7. The largest absolute Gasteiger partial charge is 0.310 e. The predicted octanol–water partition coefficient (Wildman–Crippen LogP) is 8.22. The van der Waals surface area contributed by atoms with Crippen LogP contribution in [0.4, 0.5) is 0 Å². The van der Waals surface area contributed by atoms with Gasteiger partial charge in [-0.3, -0.25) is 0 Å².